The summed E-state index contributed by atoms with van der Waals surface area (Å²) in [5.74, 6) is -4.34. The zero-order valence-corrected chi connectivity index (χ0v) is 83.9. The molecule has 133 heavy (non-hydrogen) atoms. The van der Waals surface area contributed by atoms with Gasteiger partial charge in [-0.05, 0) is 120 Å². The van der Waals surface area contributed by atoms with Gasteiger partial charge in [0.1, 0.15) is 54.5 Å². The van der Waals surface area contributed by atoms with Crippen molar-refractivity contribution in [2.24, 2.45) is 23.7 Å². The average molecular weight is 1960 g/mol. The van der Waals surface area contributed by atoms with Crippen LogP contribution in [0, 0.1) is 23.7 Å². The molecule has 3 rings (SSSR count). The summed E-state index contributed by atoms with van der Waals surface area (Å²) < 4.78 is 68.2. The summed E-state index contributed by atoms with van der Waals surface area (Å²) in [5, 5.41) is 84.1. The minimum absolute atomic E-state index is 0.00309. The van der Waals surface area contributed by atoms with E-state index in [0.717, 1.165) is 43.5 Å². The number of ether oxygens (including phenoxy) is 13. The number of carbonyl (C=O) groups excluding carboxylic acids is 9. The van der Waals surface area contributed by atoms with Crippen molar-refractivity contribution in [3.63, 3.8) is 0 Å². The number of aromatic nitrogens is 1. The first-order valence-electron chi connectivity index (χ1n) is 45.6. The Labute approximate surface area is 796 Å². The molecule has 768 valence electrons. The molecule has 1 aromatic heterocycles. The van der Waals surface area contributed by atoms with Gasteiger partial charge in [-0.25, -0.2) is 24.2 Å². The number of carboxylic acid groups (broad SMARTS) is 2. The molecule has 1 aliphatic rings. The van der Waals surface area contributed by atoms with Gasteiger partial charge in [0.2, 0.25) is 23.6 Å². The van der Waals surface area contributed by atoms with Crippen LogP contribution in [0.3, 0.4) is 0 Å². The minimum Gasteiger partial charge on any atom is -0.481 e. The molecule has 0 bridgehead atoms. The highest BCUT2D eigenvalue weighted by molar-refractivity contribution is 8.76. The van der Waals surface area contributed by atoms with Gasteiger partial charge in [0.15, 0.2) is 25.2 Å². The number of benzene rings is 1. The van der Waals surface area contributed by atoms with E-state index in [-0.39, 0.29) is 182 Å². The van der Waals surface area contributed by atoms with Crippen LogP contribution in [-0.2, 0) is 96.8 Å². The quantitative estimate of drug-likeness (QED) is 0.00769. The second-order valence-corrected chi connectivity index (χ2v) is 35.4. The number of piperidine rings is 1. The molecule has 1 aromatic carbocycles. The smallest absolute Gasteiger partial charge is 0.407 e. The molecule has 0 spiro atoms. The highest BCUT2D eigenvalue weighted by atomic mass is 33.1. The van der Waals surface area contributed by atoms with Gasteiger partial charge >= 0.3 is 36.2 Å². The van der Waals surface area contributed by atoms with Crippen LogP contribution in [0.25, 0.3) is 0 Å². The first kappa shape index (κ1) is 126. The lowest BCUT2D eigenvalue weighted by atomic mass is 9.92. The molecule has 8 amide bonds. The van der Waals surface area contributed by atoms with E-state index in [1.54, 1.807) is 72.0 Å². The molecule has 1 aliphatic heterocycles. The number of aliphatic carboxylic acids is 2. The van der Waals surface area contributed by atoms with Gasteiger partial charge in [0.25, 0.3) is 5.91 Å². The molecule has 41 nitrogen and oxygen atoms in total. The van der Waals surface area contributed by atoms with Crippen LogP contribution in [0.15, 0.2) is 29.6 Å². The van der Waals surface area contributed by atoms with Crippen LogP contribution in [0.5, 0.6) is 5.75 Å². The molecule has 0 radical (unpaired) electrons. The van der Waals surface area contributed by atoms with E-state index < -0.39 is 109 Å². The number of likely N-dealkylation sites (N-methyl/N-ethyl adjacent to an activating group) is 1. The Hall–Kier alpha value is -7.48. The zero-order valence-electron chi connectivity index (χ0n) is 81.4. The van der Waals surface area contributed by atoms with E-state index >= 15 is 0 Å². The van der Waals surface area contributed by atoms with E-state index in [0.29, 0.717) is 69.6 Å². The Bertz CT molecular complexity index is 3490. The van der Waals surface area contributed by atoms with Crippen molar-refractivity contribution < 1.29 is 150 Å². The third-order valence-electron chi connectivity index (χ3n) is 20.8. The second-order valence-electron chi connectivity index (χ2n) is 31.9. The fourth-order valence-electron chi connectivity index (χ4n) is 12.5. The number of rotatable bonds is 66. The lowest BCUT2D eigenvalue weighted by molar-refractivity contribution is -0.181. The van der Waals surface area contributed by atoms with E-state index in [9.17, 15) is 63.0 Å². The average Bonchev–Trinajstić information content (AvgIpc) is 1.70. The lowest BCUT2D eigenvalue weighted by Crippen LogP contribution is -2.58. The number of carboxylic acids is 2. The number of likely N-dealkylation sites (tertiary alicyclic amines) is 1. The number of carbonyl (C=O) groups is 11. The first-order valence-corrected chi connectivity index (χ1v) is 49.2. The van der Waals surface area contributed by atoms with Gasteiger partial charge in [0.05, 0.1) is 75.8 Å². The number of nitrogens with zero attached hydrogens (tertiary/aromatic N) is 3. The van der Waals surface area contributed by atoms with Crippen molar-refractivity contribution in [2.45, 2.75) is 279 Å². The molecule has 44 heteroatoms. The number of thiazole rings is 1. The molecular formula is C89H158N10O31S3. The van der Waals surface area contributed by atoms with Gasteiger partial charge in [-0.15, -0.1) is 11.3 Å². The maximum absolute atomic E-state index is 14.8. The SMILES string of the molecule is CCC(CO)OC(CO)OC.CCC(CO)OC(COC(=O)NCCC(=O)NCCSSC)OC.CCC(CO)OC(COC(=O)NCCC(=O)O)OC.CCCO[C@H](C[C@H](C(C)C)N(CCC)C(=O)[C@@H](NC(=O)[C@H]1CCCCN1C)[C@@H](C)CC)c1nc(C(=O)NC(Cc2ccc(OC(=O)[C@H](NC(=O)CCNC(=O)OCC(OC)OC(CC)CO)C(C)C)cc2)C[C@H](C)C(=O)O)cs1. The van der Waals surface area contributed by atoms with Gasteiger partial charge in [-0.1, -0.05) is 137 Å². The number of hydrogen-bond donors (Lipinski definition) is 14. The largest absolute Gasteiger partial charge is 0.481 e. The van der Waals surface area contributed by atoms with Gasteiger partial charge in [-0.2, -0.15) is 0 Å². The Morgan fingerprint density at radius 3 is 1.49 bits per heavy atom. The summed E-state index contributed by atoms with van der Waals surface area (Å²) in [6.07, 6.45) is 2.62. The van der Waals surface area contributed by atoms with Crippen LogP contribution in [-0.4, -0.2) is 342 Å². The Morgan fingerprint density at radius 1 is 0.571 bits per heavy atom. The molecule has 1 saturated heterocycles. The van der Waals surface area contributed by atoms with Crippen LogP contribution >= 0.6 is 32.9 Å². The fraction of sp³-hybridized carbons (Fsp3) is 0.775. The van der Waals surface area contributed by atoms with Crippen molar-refractivity contribution in [1.29, 1.82) is 0 Å². The molecule has 2 aromatic rings. The standard InChI is InChI=1S/C57H93N7O14S.C14H28N2O6S2.C11H21NO7.C7H16O4/c1-13-26-64(54(69)50(37(9)15-3)62-52(68)44-19-17-18-27-63(44)11)45(35(5)6)31-46(75-28-14-2)53-60-43(34-79-53)51(67)59-40(29-38(10)55(70)71)30-39-20-22-42(23-21-39)78-56(72)49(36(7)8)61-47(66)24-25-58-57(73)76-33-48(74-12)77-41(16-4)32-65;1-4-11(9-17)22-13(20-2)10-21-14(19)16-6-5-12(18)15-7-8-24-23-3;1-3-8(6-13)19-10(17-2)7-18-11(16)12-5-4-9(14)15;1-3-6(4-8)11-7(5-9)10-2/h20-23,34-38,40-41,44-46,48-50,65H,13-19,24-33H2,1-12H3,(H,58,73)(H,59,67)(H,61,66)(H,62,68)(H,70,71);11,13,17H,4-10H2,1-3H3,(H,15,18)(H,16,19);8,10,13H,3-7H2,1-2H3,(H,12,16)(H,14,15);6-9H,3-5H2,1-2H3/t37-,38-,40?,41?,44+,45+,46+,48?,49+,50-;;;/m0.../s1. The molecule has 16 atom stereocenters. The Kier molecular flexibility index (Phi) is 71.4. The summed E-state index contributed by atoms with van der Waals surface area (Å²) in [4.78, 5) is 146. The number of amides is 8. The van der Waals surface area contributed by atoms with Crippen LogP contribution in [0.4, 0.5) is 14.4 Å². The van der Waals surface area contributed by atoms with Crippen LogP contribution in [0.2, 0.25) is 0 Å². The van der Waals surface area contributed by atoms with Crippen LogP contribution < -0.4 is 42.0 Å². The molecule has 0 aliphatic carbocycles. The fourth-order valence-corrected chi connectivity index (χ4v) is 14.5. The number of aliphatic hydroxyl groups excluding tert-OH is 5. The maximum Gasteiger partial charge on any atom is 0.407 e. The summed E-state index contributed by atoms with van der Waals surface area (Å²) in [6, 6.07) is 3.62. The van der Waals surface area contributed by atoms with E-state index in [4.69, 9.17) is 92.1 Å². The monoisotopic (exact) mass is 1960 g/mol. The summed E-state index contributed by atoms with van der Waals surface area (Å²) in [6.45, 7) is 25.9. The van der Waals surface area contributed by atoms with E-state index in [2.05, 4.69) is 56.0 Å². The van der Waals surface area contributed by atoms with Crippen molar-refractivity contribution in [3.8, 4) is 5.75 Å². The predicted octanol–water partition coefficient (Wildman–Crippen LogP) is 7.33. The minimum atomic E-state index is -1.02. The Balaban J connectivity index is 0.00000258. The highest BCUT2D eigenvalue weighted by Gasteiger charge is 2.39. The third-order valence-corrected chi connectivity index (χ3v) is 23.5. The molecule has 1 fully saturated rings. The van der Waals surface area contributed by atoms with Gasteiger partial charge in [0, 0.05) is 110 Å². The summed E-state index contributed by atoms with van der Waals surface area (Å²) >= 11 is 1.28. The first-order chi connectivity index (χ1) is 63.5. The van der Waals surface area contributed by atoms with Crippen molar-refractivity contribution in [2.75, 3.05) is 146 Å². The summed E-state index contributed by atoms with van der Waals surface area (Å²) in [7, 11) is 10.9. The van der Waals surface area contributed by atoms with E-state index in [1.165, 1.54) is 39.8 Å². The van der Waals surface area contributed by atoms with Crippen molar-refractivity contribution in [1.82, 2.24) is 52.0 Å². The summed E-state index contributed by atoms with van der Waals surface area (Å²) in [5.41, 5.74) is 0.862. The lowest BCUT2D eigenvalue weighted by Gasteiger charge is -2.40. The highest BCUT2D eigenvalue weighted by Crippen LogP contribution is 2.33. The number of esters is 1. The Morgan fingerprint density at radius 2 is 1.07 bits per heavy atom. The molecule has 14 N–H and O–H groups in total. The zero-order chi connectivity index (χ0) is 100. The number of nitrogens with one attached hydrogen (secondary N) is 7. The molecule has 0 saturated carbocycles. The maximum atomic E-state index is 14.8. The molecule has 9 unspecified atom stereocenters. The molecule has 2 heterocycles. The third kappa shape index (κ3) is 54.9. The second kappa shape index (κ2) is 75.6. The topological polar surface area (TPSA) is 553 Å². The number of aliphatic hydroxyl groups is 5. The van der Waals surface area contributed by atoms with Crippen molar-refractivity contribution in [3.05, 3.63) is 45.9 Å². The number of alkyl carbamates (subject to hydrolysis) is 3. The van der Waals surface area contributed by atoms with Crippen molar-refractivity contribution >= 4 is 98.6 Å². The number of methoxy groups -OCH3 is 4. The van der Waals surface area contributed by atoms with Gasteiger partial charge in [-0.3, -0.25) is 38.5 Å². The normalized spacial score (nSPS) is 15.9. The van der Waals surface area contributed by atoms with E-state index in [1.807, 2.05) is 73.6 Å². The number of hydrogen-bond acceptors (Lipinski definition) is 34. The van der Waals surface area contributed by atoms with Crippen LogP contribution in [0.1, 0.15) is 213 Å². The molecular weight excluding hydrogens is 1800 g/mol. The van der Waals surface area contributed by atoms with Gasteiger partial charge < -0.3 is 139 Å². The predicted molar refractivity (Wildman–Crippen MR) is 501 cm³/mol.